The molecule has 142 valence electrons. The van der Waals surface area contributed by atoms with Crippen LogP contribution in [0.2, 0.25) is 0 Å². The van der Waals surface area contributed by atoms with Crippen molar-refractivity contribution in [1.82, 2.24) is 9.79 Å². The highest BCUT2D eigenvalue weighted by atomic mass is 127. The van der Waals surface area contributed by atoms with Crippen LogP contribution in [0.5, 0.6) is 0 Å². The van der Waals surface area contributed by atoms with E-state index in [4.69, 9.17) is 14.3 Å². The number of cyclic esters (lactones) is 1. The summed E-state index contributed by atoms with van der Waals surface area (Å²) < 4.78 is 25.8. The lowest BCUT2D eigenvalue weighted by molar-refractivity contribution is -0.170. The van der Waals surface area contributed by atoms with Crippen molar-refractivity contribution in [2.75, 3.05) is 13.2 Å². The summed E-state index contributed by atoms with van der Waals surface area (Å²) in [4.78, 5) is 29.6. The van der Waals surface area contributed by atoms with Gasteiger partial charge >= 0.3 is 12.1 Å². The van der Waals surface area contributed by atoms with Gasteiger partial charge in [0.1, 0.15) is 17.7 Å². The Bertz CT molecular complexity index is 628. The molecule has 10 heteroatoms. The van der Waals surface area contributed by atoms with Crippen molar-refractivity contribution < 1.29 is 28.1 Å². The highest BCUT2D eigenvalue weighted by Crippen LogP contribution is 2.29. The van der Waals surface area contributed by atoms with Gasteiger partial charge in [-0.25, -0.2) is 18.5 Å². The molecule has 2 atom stereocenters. The lowest BCUT2D eigenvalue weighted by Crippen LogP contribution is -2.45. The van der Waals surface area contributed by atoms with Gasteiger partial charge in [0.25, 0.3) is 0 Å². The van der Waals surface area contributed by atoms with E-state index in [2.05, 4.69) is 4.72 Å². The number of hydrogen-bond donors (Lipinski definition) is 1. The van der Waals surface area contributed by atoms with E-state index in [1.54, 1.807) is 13.8 Å². The van der Waals surface area contributed by atoms with Crippen LogP contribution in [0.15, 0.2) is 9.34 Å². The first-order valence-electron chi connectivity index (χ1n) is 7.84. The summed E-state index contributed by atoms with van der Waals surface area (Å²) in [5, 5.41) is 0.894. The van der Waals surface area contributed by atoms with Gasteiger partial charge in [-0.05, 0) is 57.2 Å². The molecule has 1 unspecified atom stereocenters. The van der Waals surface area contributed by atoms with Crippen molar-refractivity contribution >= 4 is 45.6 Å². The summed E-state index contributed by atoms with van der Waals surface area (Å²) in [6.07, 6.45) is -0.247. The second-order valence-corrected chi connectivity index (χ2v) is 10.4. The third-order valence-corrected chi connectivity index (χ3v) is 6.01. The Morgan fingerprint density at radius 3 is 2.60 bits per heavy atom. The summed E-state index contributed by atoms with van der Waals surface area (Å²) in [6.45, 7) is 9.49. The molecule has 25 heavy (non-hydrogen) atoms. The fourth-order valence-electron chi connectivity index (χ4n) is 2.22. The van der Waals surface area contributed by atoms with Gasteiger partial charge < -0.3 is 14.3 Å². The number of carbonyl (C=O) groups excluding carboxylic acids is 2. The average Bonchev–Trinajstić information content (AvgIpc) is 2.70. The summed E-state index contributed by atoms with van der Waals surface area (Å²) in [5.74, 6) is -0.720. The molecule has 2 aliphatic heterocycles. The Balaban J connectivity index is 2.14. The predicted molar refractivity (Wildman–Crippen MR) is 99.8 cm³/mol. The van der Waals surface area contributed by atoms with Gasteiger partial charge in [0.15, 0.2) is 3.77 Å². The van der Waals surface area contributed by atoms with E-state index >= 15 is 0 Å². The van der Waals surface area contributed by atoms with Crippen molar-refractivity contribution in [1.29, 1.82) is 0 Å². The number of amides is 1. The van der Waals surface area contributed by atoms with Crippen LogP contribution in [-0.2, 0) is 30.1 Å². The lowest BCUT2D eigenvalue weighted by Gasteiger charge is -2.29. The van der Waals surface area contributed by atoms with Crippen LogP contribution in [0.25, 0.3) is 0 Å². The molecule has 2 heterocycles. The summed E-state index contributed by atoms with van der Waals surface area (Å²) >= 11 is 1.90. The summed E-state index contributed by atoms with van der Waals surface area (Å²) in [7, 11) is -1.37. The number of hydrogen-bond acceptors (Lipinski definition) is 6. The van der Waals surface area contributed by atoms with Gasteiger partial charge in [0.05, 0.1) is 28.4 Å². The first kappa shape index (κ1) is 20.4. The maximum atomic E-state index is 12.6. The van der Waals surface area contributed by atoms with E-state index in [1.165, 1.54) is 0 Å². The second-order valence-electron chi connectivity index (χ2n) is 7.42. The van der Waals surface area contributed by atoms with Crippen molar-refractivity contribution in [2.24, 2.45) is 0 Å². The Labute approximate surface area is 163 Å². The quantitative estimate of drug-likeness (QED) is 0.613. The molecule has 0 bridgehead atoms. The Kier molecular flexibility index (Phi) is 6.04. The van der Waals surface area contributed by atoms with E-state index in [1.807, 2.05) is 43.4 Å². The maximum absolute atomic E-state index is 12.6. The zero-order valence-corrected chi connectivity index (χ0v) is 17.9. The molecule has 1 amide bonds. The summed E-state index contributed by atoms with van der Waals surface area (Å²) in [5.41, 5.74) is -0.505. The molecule has 0 aromatic rings. The van der Waals surface area contributed by atoms with Crippen LogP contribution in [0.3, 0.4) is 0 Å². The Hall–Kier alpha value is -0.880. The largest absolute Gasteiger partial charge is 0.487 e. The van der Waals surface area contributed by atoms with E-state index in [0.717, 1.165) is 5.06 Å². The fourth-order valence-corrected chi connectivity index (χ4v) is 3.88. The standard InChI is InChI=1S/C15H23IN2O6S/c1-14(2,3)25(21)17-9-6-7-22-11(16)10(9)12(19)24-18-8-15(4,5)23-13(18)20/h9,17H,6-8H2,1-5H3/t9-,25?/m0/s1. The first-order valence-corrected chi connectivity index (χ1v) is 10.1. The first-order chi connectivity index (χ1) is 11.4. The molecule has 0 aliphatic carbocycles. The SMILES string of the molecule is CC1(C)CN(OC(=O)C2=C(I)OCC[C@@H]2NS(=O)C(C)(C)C)C(=O)O1. The molecular formula is C15H23IN2O6S. The third-order valence-electron chi connectivity index (χ3n) is 3.51. The minimum absolute atomic E-state index is 0.133. The van der Waals surface area contributed by atoms with Crippen LogP contribution in [-0.4, -0.2) is 50.9 Å². The average molecular weight is 486 g/mol. The number of hydroxylamine groups is 2. The molecule has 8 nitrogen and oxygen atoms in total. The van der Waals surface area contributed by atoms with Gasteiger partial charge in [-0.15, -0.1) is 5.06 Å². The maximum Gasteiger partial charge on any atom is 0.444 e. The van der Waals surface area contributed by atoms with Gasteiger partial charge in [-0.2, -0.15) is 0 Å². The van der Waals surface area contributed by atoms with Crippen LogP contribution in [0, 0.1) is 0 Å². The number of halogens is 1. The Morgan fingerprint density at radius 2 is 2.08 bits per heavy atom. The zero-order chi connectivity index (χ0) is 19.0. The minimum atomic E-state index is -1.37. The summed E-state index contributed by atoms with van der Waals surface area (Å²) in [6, 6.07) is -0.486. The molecule has 2 aliphatic rings. The molecule has 2 rings (SSSR count). The molecule has 1 saturated heterocycles. The number of nitrogens with zero attached hydrogens (tertiary/aromatic N) is 1. The highest BCUT2D eigenvalue weighted by molar-refractivity contribution is 14.1. The predicted octanol–water partition coefficient (Wildman–Crippen LogP) is 2.16. The van der Waals surface area contributed by atoms with Crippen LogP contribution >= 0.6 is 22.6 Å². The smallest absolute Gasteiger partial charge is 0.444 e. The van der Waals surface area contributed by atoms with Crippen molar-refractivity contribution in [3.8, 4) is 0 Å². The van der Waals surface area contributed by atoms with Gasteiger partial charge in [-0.1, -0.05) is 0 Å². The third kappa shape index (κ3) is 5.07. The van der Waals surface area contributed by atoms with E-state index in [9.17, 15) is 13.8 Å². The zero-order valence-electron chi connectivity index (χ0n) is 14.9. The van der Waals surface area contributed by atoms with Crippen molar-refractivity contribution in [3.63, 3.8) is 0 Å². The van der Waals surface area contributed by atoms with Gasteiger partial charge in [0, 0.05) is 6.42 Å². The minimum Gasteiger partial charge on any atom is -0.487 e. The monoisotopic (exact) mass is 486 g/mol. The number of carbonyl (C=O) groups is 2. The van der Waals surface area contributed by atoms with Crippen molar-refractivity contribution in [3.05, 3.63) is 9.34 Å². The molecule has 0 saturated carbocycles. The molecule has 1 N–H and O–H groups in total. The number of nitrogens with one attached hydrogen (secondary N) is 1. The van der Waals surface area contributed by atoms with Gasteiger partial charge in [-0.3, -0.25) is 0 Å². The van der Waals surface area contributed by atoms with E-state index in [0.29, 0.717) is 16.8 Å². The van der Waals surface area contributed by atoms with Gasteiger partial charge in [0.2, 0.25) is 0 Å². The normalized spacial score (nSPS) is 24.6. The topological polar surface area (TPSA) is 94.2 Å². The second kappa shape index (κ2) is 7.39. The molecule has 0 aromatic heterocycles. The highest BCUT2D eigenvalue weighted by Gasteiger charge is 2.42. The van der Waals surface area contributed by atoms with Crippen LogP contribution < -0.4 is 4.72 Å². The lowest BCUT2D eigenvalue weighted by atomic mass is 10.1. The molecule has 1 fully saturated rings. The molecule has 0 spiro atoms. The number of ether oxygens (including phenoxy) is 2. The molecule has 0 radical (unpaired) electrons. The fraction of sp³-hybridized carbons (Fsp3) is 0.733. The molecular weight excluding hydrogens is 463 g/mol. The van der Waals surface area contributed by atoms with Crippen LogP contribution in [0.4, 0.5) is 4.79 Å². The van der Waals surface area contributed by atoms with E-state index in [-0.39, 0.29) is 12.1 Å². The number of rotatable bonds is 4. The van der Waals surface area contributed by atoms with Crippen molar-refractivity contribution in [2.45, 2.75) is 57.4 Å². The molecule has 0 aromatic carbocycles. The van der Waals surface area contributed by atoms with E-state index < -0.39 is 39.4 Å². The van der Waals surface area contributed by atoms with Crippen LogP contribution in [0.1, 0.15) is 41.0 Å². The Morgan fingerprint density at radius 1 is 1.44 bits per heavy atom.